The summed E-state index contributed by atoms with van der Waals surface area (Å²) in [7, 11) is 0. The Bertz CT molecular complexity index is 163. The molecular weight excluding hydrogens is 110 g/mol. The van der Waals surface area contributed by atoms with Crippen LogP contribution in [0.3, 0.4) is 0 Å². The molecule has 0 saturated heterocycles. The third-order valence-electron chi connectivity index (χ3n) is 1.85. The molecular formula is C8H10N. The molecule has 1 heteroatoms. The summed E-state index contributed by atoms with van der Waals surface area (Å²) < 4.78 is 0. The summed E-state index contributed by atoms with van der Waals surface area (Å²) in [6, 6.07) is 0. The summed E-state index contributed by atoms with van der Waals surface area (Å²) in [5.41, 5.74) is 1.52. The lowest BCUT2D eigenvalue weighted by Crippen LogP contribution is -2.01. The van der Waals surface area contributed by atoms with Gasteiger partial charge < -0.3 is 0 Å². The lowest BCUT2D eigenvalue weighted by Gasteiger charge is -2.03. The molecule has 1 aliphatic heterocycles. The molecule has 1 fully saturated rings. The van der Waals surface area contributed by atoms with Crippen molar-refractivity contribution in [2.24, 2.45) is 5.92 Å². The molecule has 1 saturated carbocycles. The van der Waals surface area contributed by atoms with Crippen LogP contribution in [0.15, 0.2) is 23.9 Å². The molecule has 1 nitrogen and oxygen atoms in total. The van der Waals surface area contributed by atoms with Gasteiger partial charge in [-0.15, -0.1) is 0 Å². The third kappa shape index (κ3) is 0.995. The van der Waals surface area contributed by atoms with E-state index in [1.807, 2.05) is 6.20 Å². The minimum atomic E-state index is 0.900. The number of allylic oxidation sites excluding steroid dienone is 2. The largest absolute Gasteiger partial charge is 0.289 e. The lowest BCUT2D eigenvalue weighted by molar-refractivity contribution is 0.903. The van der Waals surface area contributed by atoms with Crippen molar-refractivity contribution >= 4 is 0 Å². The van der Waals surface area contributed by atoms with Crippen molar-refractivity contribution in [2.45, 2.75) is 12.8 Å². The number of hydrogen-bond acceptors (Lipinski definition) is 0. The van der Waals surface area contributed by atoms with E-state index < -0.39 is 0 Å². The van der Waals surface area contributed by atoms with Crippen molar-refractivity contribution in [3.05, 3.63) is 23.9 Å². The van der Waals surface area contributed by atoms with Gasteiger partial charge in [0.2, 0.25) is 0 Å². The van der Waals surface area contributed by atoms with Gasteiger partial charge in [-0.3, -0.25) is 5.32 Å². The van der Waals surface area contributed by atoms with Crippen LogP contribution in [-0.2, 0) is 0 Å². The standard InChI is InChI=1S/C8H10N/c1-2-7(1)8-3-5-9-6-4-8/h3-5,7H,1-2,6H2. The zero-order chi connectivity index (χ0) is 6.10. The van der Waals surface area contributed by atoms with Crippen molar-refractivity contribution in [1.82, 2.24) is 5.32 Å². The van der Waals surface area contributed by atoms with E-state index >= 15 is 0 Å². The molecule has 0 bridgehead atoms. The SMILES string of the molecule is C1=CC(C2CC2)=CC[N]1. The van der Waals surface area contributed by atoms with Gasteiger partial charge in [0.25, 0.3) is 0 Å². The molecule has 0 spiro atoms. The van der Waals surface area contributed by atoms with Crippen LogP contribution in [0.2, 0.25) is 0 Å². The molecule has 2 rings (SSSR count). The first-order chi connectivity index (χ1) is 4.47. The van der Waals surface area contributed by atoms with Crippen LogP contribution in [-0.4, -0.2) is 6.54 Å². The van der Waals surface area contributed by atoms with Gasteiger partial charge in [-0.05, 0) is 30.4 Å². The maximum Gasteiger partial charge on any atom is 0.0576 e. The fraction of sp³-hybridized carbons (Fsp3) is 0.500. The fourth-order valence-electron chi connectivity index (χ4n) is 1.15. The molecule has 0 aromatic carbocycles. The summed E-state index contributed by atoms with van der Waals surface area (Å²) >= 11 is 0. The Morgan fingerprint density at radius 3 is 2.89 bits per heavy atom. The second kappa shape index (κ2) is 1.90. The molecule has 9 heavy (non-hydrogen) atoms. The maximum atomic E-state index is 4.08. The van der Waals surface area contributed by atoms with Crippen LogP contribution >= 0.6 is 0 Å². The van der Waals surface area contributed by atoms with Gasteiger partial charge >= 0.3 is 0 Å². The predicted molar refractivity (Wildman–Crippen MR) is 36.9 cm³/mol. The van der Waals surface area contributed by atoms with Crippen molar-refractivity contribution in [3.8, 4) is 0 Å². The monoisotopic (exact) mass is 120 g/mol. The molecule has 0 N–H and O–H groups in total. The van der Waals surface area contributed by atoms with E-state index in [1.54, 1.807) is 0 Å². The molecule has 1 aliphatic carbocycles. The molecule has 47 valence electrons. The molecule has 0 aromatic rings. The van der Waals surface area contributed by atoms with Crippen LogP contribution in [0.25, 0.3) is 0 Å². The first kappa shape index (κ1) is 5.10. The van der Waals surface area contributed by atoms with E-state index in [2.05, 4.69) is 17.5 Å². The van der Waals surface area contributed by atoms with Gasteiger partial charge in [-0.25, -0.2) is 0 Å². The normalized spacial score (nSPS) is 25.1. The average molecular weight is 120 g/mol. The van der Waals surface area contributed by atoms with Gasteiger partial charge in [-0.2, -0.15) is 0 Å². The zero-order valence-electron chi connectivity index (χ0n) is 5.38. The van der Waals surface area contributed by atoms with Gasteiger partial charge in [0.15, 0.2) is 0 Å². The Kier molecular flexibility index (Phi) is 1.08. The molecule has 1 heterocycles. The maximum absolute atomic E-state index is 4.08. The molecule has 0 unspecified atom stereocenters. The highest BCUT2D eigenvalue weighted by atomic mass is 14.8. The topological polar surface area (TPSA) is 14.1 Å². The van der Waals surface area contributed by atoms with E-state index in [0.29, 0.717) is 0 Å². The van der Waals surface area contributed by atoms with Gasteiger partial charge in [-0.1, -0.05) is 6.08 Å². The van der Waals surface area contributed by atoms with Crippen LogP contribution in [0.5, 0.6) is 0 Å². The smallest absolute Gasteiger partial charge is 0.0576 e. The van der Waals surface area contributed by atoms with E-state index in [0.717, 1.165) is 12.5 Å². The Morgan fingerprint density at radius 2 is 2.33 bits per heavy atom. The Morgan fingerprint density at radius 1 is 1.44 bits per heavy atom. The summed E-state index contributed by atoms with van der Waals surface area (Å²) in [6.45, 7) is 0.905. The van der Waals surface area contributed by atoms with Gasteiger partial charge in [0.1, 0.15) is 0 Å². The Hall–Kier alpha value is -0.720. The van der Waals surface area contributed by atoms with E-state index in [1.165, 1.54) is 18.4 Å². The molecule has 0 aromatic heterocycles. The molecule has 2 aliphatic rings. The van der Waals surface area contributed by atoms with Gasteiger partial charge in [0.05, 0.1) is 6.54 Å². The number of nitrogens with zero attached hydrogens (tertiary/aromatic N) is 1. The summed E-state index contributed by atoms with van der Waals surface area (Å²) in [4.78, 5) is 0. The summed E-state index contributed by atoms with van der Waals surface area (Å²) in [5, 5.41) is 4.08. The number of hydrogen-bond donors (Lipinski definition) is 0. The Labute approximate surface area is 55.5 Å². The highest BCUT2D eigenvalue weighted by Crippen LogP contribution is 2.37. The minimum Gasteiger partial charge on any atom is -0.289 e. The van der Waals surface area contributed by atoms with E-state index in [9.17, 15) is 0 Å². The Balaban J connectivity index is 2.08. The van der Waals surface area contributed by atoms with Crippen LogP contribution in [0.4, 0.5) is 0 Å². The fourth-order valence-corrected chi connectivity index (χ4v) is 1.15. The summed E-state index contributed by atoms with van der Waals surface area (Å²) in [5.74, 6) is 0.900. The minimum absolute atomic E-state index is 0.900. The van der Waals surface area contributed by atoms with Crippen molar-refractivity contribution < 1.29 is 0 Å². The van der Waals surface area contributed by atoms with Crippen molar-refractivity contribution in [3.63, 3.8) is 0 Å². The second-order valence-corrected chi connectivity index (χ2v) is 2.66. The van der Waals surface area contributed by atoms with Crippen LogP contribution in [0.1, 0.15) is 12.8 Å². The molecule has 0 atom stereocenters. The zero-order valence-corrected chi connectivity index (χ0v) is 5.38. The number of rotatable bonds is 1. The third-order valence-corrected chi connectivity index (χ3v) is 1.85. The van der Waals surface area contributed by atoms with Crippen molar-refractivity contribution in [1.29, 1.82) is 0 Å². The first-order valence-corrected chi connectivity index (χ1v) is 3.50. The highest BCUT2D eigenvalue weighted by Gasteiger charge is 2.24. The lowest BCUT2D eigenvalue weighted by atomic mass is 10.1. The predicted octanol–water partition coefficient (Wildman–Crippen LogP) is 1.45. The molecule has 0 amide bonds. The highest BCUT2D eigenvalue weighted by molar-refractivity contribution is 5.27. The van der Waals surface area contributed by atoms with E-state index in [4.69, 9.17) is 0 Å². The van der Waals surface area contributed by atoms with Crippen LogP contribution < -0.4 is 5.32 Å². The second-order valence-electron chi connectivity index (χ2n) is 2.66. The van der Waals surface area contributed by atoms with E-state index in [-0.39, 0.29) is 0 Å². The molecule has 1 radical (unpaired) electrons. The summed E-state index contributed by atoms with van der Waals surface area (Å²) in [6.07, 6.45) is 9.10. The van der Waals surface area contributed by atoms with Crippen LogP contribution in [0, 0.1) is 5.92 Å². The van der Waals surface area contributed by atoms with Crippen molar-refractivity contribution in [2.75, 3.05) is 6.54 Å². The first-order valence-electron chi connectivity index (χ1n) is 3.50. The van der Waals surface area contributed by atoms with Gasteiger partial charge in [0, 0.05) is 6.20 Å². The quantitative estimate of drug-likeness (QED) is 0.497. The average Bonchev–Trinajstić information content (AvgIpc) is 2.71.